The number of hydrogen-bond donors (Lipinski definition) is 1. The fourth-order valence-electron chi connectivity index (χ4n) is 13.2. The van der Waals surface area contributed by atoms with E-state index in [2.05, 4.69) is 0 Å². The highest BCUT2D eigenvalue weighted by atomic mass is 16.8. The van der Waals surface area contributed by atoms with E-state index in [1.54, 1.807) is 0 Å². The molecular weight excluding hydrogens is 1310 g/mol. The molecule has 3 heterocycles. The predicted octanol–water partition coefficient (Wildman–Crippen LogP) is 14.7. The van der Waals surface area contributed by atoms with Gasteiger partial charge in [0, 0.05) is 0 Å². The first-order valence-corrected chi connectivity index (χ1v) is 35.9. The third-order valence-electron chi connectivity index (χ3n) is 18.6. The third kappa shape index (κ3) is 21.6. The second-order valence-corrected chi connectivity index (χ2v) is 26.2. The minimum absolute atomic E-state index is 0.00616. The minimum atomic E-state index is -1.55. The lowest BCUT2D eigenvalue weighted by Crippen LogP contribution is -2.68. The molecule has 3 aliphatic rings. The predicted molar refractivity (Wildman–Crippen MR) is 391 cm³/mol. The van der Waals surface area contributed by atoms with E-state index < -0.39 is 92.1 Å². The molecule has 3 saturated heterocycles. The van der Waals surface area contributed by atoms with Gasteiger partial charge in [0.15, 0.2) is 18.9 Å². The summed E-state index contributed by atoms with van der Waals surface area (Å²) in [5.41, 5.74) is 9.19. The average molecular weight is 1410 g/mol. The van der Waals surface area contributed by atoms with Crippen LogP contribution in [0.5, 0.6) is 0 Å². The fraction of sp³-hybridized carbons (Fsp3) is 0.318. The summed E-state index contributed by atoms with van der Waals surface area (Å²) >= 11 is 0. The summed E-state index contributed by atoms with van der Waals surface area (Å²) in [7, 11) is 0. The summed E-state index contributed by atoms with van der Waals surface area (Å²) in [5, 5.41) is 12.6. The molecule has 0 saturated carbocycles. The van der Waals surface area contributed by atoms with Crippen LogP contribution in [0.4, 0.5) is 0 Å². The second kappa shape index (κ2) is 39.6. The molecule has 1 unspecified atom stereocenters. The number of hydrogen-bond acceptors (Lipinski definition) is 16. The first-order chi connectivity index (χ1) is 51.5. The number of benzene rings is 10. The van der Waals surface area contributed by atoms with Crippen molar-refractivity contribution < 1.29 is 76.2 Å². The van der Waals surface area contributed by atoms with Crippen molar-refractivity contribution in [2.24, 2.45) is 0 Å². The Morgan fingerprint density at radius 1 is 0.202 bits per heavy atom. The third-order valence-corrected chi connectivity index (χ3v) is 18.6. The van der Waals surface area contributed by atoms with Crippen molar-refractivity contribution in [2.75, 3.05) is 19.8 Å². The minimum Gasteiger partial charge on any atom is -0.374 e. The lowest BCUT2D eigenvalue weighted by molar-refractivity contribution is -0.394. The summed E-state index contributed by atoms with van der Waals surface area (Å²) in [6, 6.07) is 99.4. The maximum Gasteiger partial charge on any atom is 0.187 e. The number of ether oxygens (including phenoxy) is 15. The molecule has 13 rings (SSSR count). The molecule has 0 radical (unpaired) electrons. The van der Waals surface area contributed by atoms with Crippen LogP contribution in [-0.2, 0) is 137 Å². The molecule has 0 bridgehead atoms. The van der Waals surface area contributed by atoms with Gasteiger partial charge in [0.1, 0.15) is 73.2 Å². The van der Waals surface area contributed by atoms with E-state index in [4.69, 9.17) is 71.1 Å². The van der Waals surface area contributed by atoms with E-state index in [1.165, 1.54) is 0 Å². The maximum absolute atomic E-state index is 12.6. The van der Waals surface area contributed by atoms with Gasteiger partial charge >= 0.3 is 0 Å². The van der Waals surface area contributed by atoms with Crippen LogP contribution in [0, 0.1) is 0 Å². The highest BCUT2D eigenvalue weighted by Crippen LogP contribution is 2.40. The standard InChI is InChI=1S/C88H92O16/c89-86-83(97-58-71-45-25-8-26-46-71)82(78(94-55-68-39-19-5-20-40-68)74(100-86)61-90-51-64-31-11-1-12-32-64)104-88-85(99-60-73-49-29-10-30-50-73)81(96-57-70-43-23-7-24-44-70)79(76(102-88)63-92-53-66-35-15-3-16-36-66)103-87-84(98-59-72-47-27-9-28-48-72)80(95-56-69-41-21-6-22-42-69)77(93-54-67-37-17-4-18-38-67)75(101-87)62-91-52-65-33-13-2-14-34-65/h1-50,74-89H,51-63H2/t74-,75-,76-,77-,78-,79-,80?,81+,82+,83-,84-,85-,86-,87-,88+/m1/s1. The van der Waals surface area contributed by atoms with Gasteiger partial charge in [-0.05, 0) is 55.6 Å². The average Bonchev–Trinajstić information content (AvgIpc) is 0.758. The van der Waals surface area contributed by atoms with Crippen LogP contribution in [-0.4, -0.2) is 117 Å². The van der Waals surface area contributed by atoms with Gasteiger partial charge in [-0.25, -0.2) is 0 Å². The Bertz CT molecular complexity index is 3960. The van der Waals surface area contributed by atoms with E-state index in [0.29, 0.717) is 0 Å². The first kappa shape index (κ1) is 73.9. The summed E-state index contributed by atoms with van der Waals surface area (Å²) in [5.74, 6) is 0. The molecule has 16 heteroatoms. The van der Waals surface area contributed by atoms with Crippen molar-refractivity contribution in [1.29, 1.82) is 0 Å². The van der Waals surface area contributed by atoms with E-state index in [0.717, 1.165) is 55.6 Å². The highest BCUT2D eigenvalue weighted by molar-refractivity contribution is 5.21. The van der Waals surface area contributed by atoms with Crippen molar-refractivity contribution in [3.8, 4) is 0 Å². The zero-order valence-electron chi connectivity index (χ0n) is 58.3. The van der Waals surface area contributed by atoms with E-state index >= 15 is 0 Å². The largest absolute Gasteiger partial charge is 0.374 e. The number of rotatable bonds is 37. The lowest BCUT2D eigenvalue weighted by atomic mass is 9.95. The molecule has 3 aliphatic heterocycles. The SMILES string of the molecule is O[C@@H]1O[C@H](COCc2ccccc2)[C@@H](OCc2ccccc2)[C@H](O[C@@H]2O[C@H](COCc3ccccc3)[C@@H](O[C@H]3O[C@H](COCc4ccccc4)[C@@H](OCc4ccccc4)C(OCc4ccccc4)[C@H]3OCc3ccccc3)[C@H](OCc3ccccc3)[C@H]2OCc2ccccc2)[C@H]1OCc1ccccc1. The van der Waals surface area contributed by atoms with Crippen LogP contribution >= 0.6 is 0 Å². The summed E-state index contributed by atoms with van der Waals surface area (Å²) in [6.45, 7) is 1.74. The Hall–Kier alpha value is -8.44. The number of aliphatic hydroxyl groups is 1. The molecule has 540 valence electrons. The van der Waals surface area contributed by atoms with Gasteiger partial charge in [-0.1, -0.05) is 303 Å². The van der Waals surface area contributed by atoms with Gasteiger partial charge in [0.2, 0.25) is 0 Å². The van der Waals surface area contributed by atoms with Gasteiger partial charge in [0.05, 0.1) is 85.9 Å². The summed E-state index contributed by atoms with van der Waals surface area (Å²) < 4.78 is 108. The van der Waals surface area contributed by atoms with E-state index in [1.807, 2.05) is 303 Å². The van der Waals surface area contributed by atoms with Crippen molar-refractivity contribution >= 4 is 0 Å². The molecule has 1 N–H and O–H groups in total. The second-order valence-electron chi connectivity index (χ2n) is 26.2. The highest BCUT2D eigenvalue weighted by Gasteiger charge is 2.57. The Labute approximate surface area is 610 Å². The maximum atomic E-state index is 12.6. The molecule has 0 amide bonds. The zero-order chi connectivity index (χ0) is 70.6. The molecule has 0 aliphatic carbocycles. The zero-order valence-corrected chi connectivity index (χ0v) is 58.3. The number of aliphatic hydroxyl groups excluding tert-OH is 1. The van der Waals surface area contributed by atoms with Crippen LogP contribution in [0.1, 0.15) is 55.6 Å². The Morgan fingerprint density at radius 3 is 0.692 bits per heavy atom. The van der Waals surface area contributed by atoms with Gasteiger partial charge in [-0.15, -0.1) is 0 Å². The van der Waals surface area contributed by atoms with Crippen molar-refractivity contribution in [3.05, 3.63) is 359 Å². The summed E-state index contributed by atoms with van der Waals surface area (Å²) in [6.07, 6.45) is -16.2. The molecule has 3 fully saturated rings. The van der Waals surface area contributed by atoms with Gasteiger partial charge in [0.25, 0.3) is 0 Å². The topological polar surface area (TPSA) is 159 Å². The molecule has 0 aromatic heterocycles. The fourth-order valence-corrected chi connectivity index (χ4v) is 13.2. The summed E-state index contributed by atoms with van der Waals surface area (Å²) in [4.78, 5) is 0. The molecule has 16 nitrogen and oxygen atoms in total. The lowest BCUT2D eigenvalue weighted by Gasteiger charge is -2.51. The van der Waals surface area contributed by atoms with Gasteiger partial charge in [-0.3, -0.25) is 0 Å². The Morgan fingerprint density at radius 2 is 0.404 bits per heavy atom. The first-order valence-electron chi connectivity index (χ1n) is 35.9. The van der Waals surface area contributed by atoms with Crippen LogP contribution in [0.3, 0.4) is 0 Å². The molecule has 15 atom stereocenters. The van der Waals surface area contributed by atoms with Crippen LogP contribution < -0.4 is 0 Å². The molecular formula is C88H92O16. The molecule has 0 spiro atoms. The monoisotopic (exact) mass is 1400 g/mol. The van der Waals surface area contributed by atoms with Crippen LogP contribution in [0.2, 0.25) is 0 Å². The van der Waals surface area contributed by atoms with Crippen molar-refractivity contribution in [3.63, 3.8) is 0 Å². The van der Waals surface area contributed by atoms with E-state index in [-0.39, 0.29) is 85.9 Å². The Balaban J connectivity index is 0.930. The molecule has 104 heavy (non-hydrogen) atoms. The molecule has 10 aromatic rings. The van der Waals surface area contributed by atoms with Gasteiger partial charge < -0.3 is 76.2 Å². The normalized spacial score (nSPS) is 24.8. The smallest absolute Gasteiger partial charge is 0.187 e. The van der Waals surface area contributed by atoms with E-state index in [9.17, 15) is 5.11 Å². The van der Waals surface area contributed by atoms with Crippen molar-refractivity contribution in [2.45, 2.75) is 158 Å². The quantitative estimate of drug-likeness (QED) is 0.0392. The molecule has 10 aromatic carbocycles. The van der Waals surface area contributed by atoms with Crippen LogP contribution in [0.15, 0.2) is 303 Å². The Kier molecular flexibility index (Phi) is 28.1. The van der Waals surface area contributed by atoms with Gasteiger partial charge in [-0.2, -0.15) is 0 Å². The van der Waals surface area contributed by atoms with Crippen molar-refractivity contribution in [1.82, 2.24) is 0 Å². The van der Waals surface area contributed by atoms with Crippen LogP contribution in [0.25, 0.3) is 0 Å².